The zero-order valence-electron chi connectivity index (χ0n) is 29.0. The summed E-state index contributed by atoms with van der Waals surface area (Å²) < 4.78 is 0. The number of nitrogens with one attached hydrogen (secondary N) is 1. The van der Waals surface area contributed by atoms with Gasteiger partial charge in [-0.25, -0.2) is 0 Å². The molecule has 8 aromatic carbocycles. The van der Waals surface area contributed by atoms with E-state index < -0.39 is 0 Å². The molecule has 0 bridgehead atoms. The predicted octanol–water partition coefficient (Wildman–Crippen LogP) is 12.1. The van der Waals surface area contributed by atoms with E-state index in [-0.39, 0.29) is 17.6 Å². The first-order valence-corrected chi connectivity index (χ1v) is 17.9. The average Bonchev–Trinajstić information content (AvgIpc) is 3.40. The van der Waals surface area contributed by atoms with Gasteiger partial charge in [-0.15, -0.1) is 0 Å². The van der Waals surface area contributed by atoms with Crippen molar-refractivity contribution in [2.45, 2.75) is 31.5 Å². The van der Waals surface area contributed by atoms with Crippen molar-refractivity contribution in [3.63, 3.8) is 0 Å². The molecule has 0 aromatic heterocycles. The molecule has 246 valence electrons. The van der Waals surface area contributed by atoms with Crippen molar-refractivity contribution < 1.29 is 0 Å². The Morgan fingerprint density at radius 3 is 2.04 bits per heavy atom. The van der Waals surface area contributed by atoms with Gasteiger partial charge in [0.1, 0.15) is 0 Å². The molecule has 0 fully saturated rings. The Labute approximate surface area is 299 Å². The van der Waals surface area contributed by atoms with E-state index in [1.54, 1.807) is 0 Å². The minimum Gasteiger partial charge on any atom is -0.312 e. The smallest absolute Gasteiger partial charge is 0.0817 e. The van der Waals surface area contributed by atoms with Crippen molar-refractivity contribution in [2.75, 3.05) is 0 Å². The van der Waals surface area contributed by atoms with Crippen LogP contribution in [0.25, 0.3) is 60.6 Å². The Morgan fingerprint density at radius 2 is 1.24 bits per heavy atom. The summed E-state index contributed by atoms with van der Waals surface area (Å²) in [6, 6.07) is 59.1. The molecule has 2 unspecified atom stereocenters. The van der Waals surface area contributed by atoms with Gasteiger partial charge in [0.05, 0.1) is 12.2 Å². The van der Waals surface area contributed by atoms with Gasteiger partial charge in [-0.2, -0.15) is 0 Å². The lowest BCUT2D eigenvalue weighted by Gasteiger charge is -2.23. The van der Waals surface area contributed by atoms with Crippen LogP contribution < -0.4 is 11.1 Å². The molecule has 0 heterocycles. The lowest BCUT2D eigenvalue weighted by molar-refractivity contribution is 0.511. The van der Waals surface area contributed by atoms with Crippen LogP contribution in [0, 0.1) is 0 Å². The Morgan fingerprint density at radius 1 is 0.569 bits per heavy atom. The van der Waals surface area contributed by atoms with Gasteiger partial charge in [0.25, 0.3) is 0 Å². The molecule has 8 aromatic rings. The number of nitrogens with two attached hydrogens (primary N) is 1. The molecule has 1 aliphatic rings. The fourth-order valence-electron chi connectivity index (χ4n) is 8.24. The molecule has 51 heavy (non-hydrogen) atoms. The van der Waals surface area contributed by atoms with Crippen molar-refractivity contribution >= 4 is 38.4 Å². The molecule has 2 nitrogen and oxygen atoms in total. The summed E-state index contributed by atoms with van der Waals surface area (Å²) in [4.78, 5) is 0. The fraction of sp³-hybridized carbons (Fsp3) is 0.102. The van der Waals surface area contributed by atoms with E-state index >= 15 is 0 Å². The first kappa shape index (κ1) is 31.2. The van der Waals surface area contributed by atoms with Crippen LogP contribution >= 0.6 is 0 Å². The molecule has 2 atom stereocenters. The Kier molecular flexibility index (Phi) is 7.65. The first-order chi connectivity index (χ1) is 25.0. The third-order valence-corrected chi connectivity index (χ3v) is 10.9. The number of fused-ring (bicyclic) bond motifs is 7. The lowest BCUT2D eigenvalue weighted by atomic mass is 9.81. The van der Waals surface area contributed by atoms with E-state index in [0.717, 1.165) is 11.1 Å². The van der Waals surface area contributed by atoms with E-state index in [1.165, 1.54) is 71.3 Å². The second-order valence-corrected chi connectivity index (χ2v) is 14.3. The van der Waals surface area contributed by atoms with Gasteiger partial charge in [-0.3, -0.25) is 5.32 Å². The summed E-state index contributed by atoms with van der Waals surface area (Å²) in [7, 11) is 0. The molecule has 1 aliphatic carbocycles. The topological polar surface area (TPSA) is 38.0 Å². The molecule has 0 saturated carbocycles. The van der Waals surface area contributed by atoms with E-state index in [4.69, 9.17) is 5.73 Å². The maximum atomic E-state index is 6.83. The Hall–Kier alpha value is -5.80. The highest BCUT2D eigenvalue weighted by Crippen LogP contribution is 2.53. The van der Waals surface area contributed by atoms with E-state index in [0.29, 0.717) is 0 Å². The second-order valence-electron chi connectivity index (χ2n) is 14.3. The van der Waals surface area contributed by atoms with Gasteiger partial charge in [0.2, 0.25) is 0 Å². The molecule has 0 aliphatic heterocycles. The standard InChI is InChI=1S/C49H40N2/c1-49(2)43-21-11-19-40(47(43)42-30-37-15-6-7-16-38(37)31-44(42)49)34-25-22-32(23-26-34)24-29-45(51-48(50)36-13-4-3-5-14-36)41-20-10-17-35-28-27-33-12-8-9-18-39(33)46(35)41/h3-31,45,48,51H,50H2,1-2H3/b29-24+. The van der Waals surface area contributed by atoms with Gasteiger partial charge in [0.15, 0.2) is 0 Å². The highest BCUT2D eigenvalue weighted by Gasteiger charge is 2.37. The summed E-state index contributed by atoms with van der Waals surface area (Å²) in [5, 5.41) is 11.3. The molecule has 0 amide bonds. The highest BCUT2D eigenvalue weighted by atomic mass is 15.0. The van der Waals surface area contributed by atoms with E-state index in [1.807, 2.05) is 18.2 Å². The average molecular weight is 657 g/mol. The summed E-state index contributed by atoms with van der Waals surface area (Å²) in [6.45, 7) is 4.72. The number of rotatable bonds is 7. The Bertz CT molecular complexity index is 2600. The van der Waals surface area contributed by atoms with Gasteiger partial charge in [-0.05, 0) is 94.5 Å². The number of hydrogen-bond donors (Lipinski definition) is 2. The molecule has 0 saturated heterocycles. The summed E-state index contributed by atoms with van der Waals surface area (Å²) in [6.07, 6.45) is 4.15. The monoisotopic (exact) mass is 656 g/mol. The molecular weight excluding hydrogens is 617 g/mol. The fourth-order valence-corrected chi connectivity index (χ4v) is 8.24. The summed E-state index contributed by atoms with van der Waals surface area (Å²) in [5.41, 5.74) is 18.2. The quantitative estimate of drug-likeness (QED) is 0.132. The molecule has 0 radical (unpaired) electrons. The highest BCUT2D eigenvalue weighted by molar-refractivity contribution is 6.09. The van der Waals surface area contributed by atoms with Crippen molar-refractivity contribution in [1.82, 2.24) is 5.32 Å². The lowest BCUT2D eigenvalue weighted by Crippen LogP contribution is -2.31. The van der Waals surface area contributed by atoms with E-state index in [9.17, 15) is 0 Å². The van der Waals surface area contributed by atoms with Crippen molar-refractivity contribution in [3.05, 3.63) is 198 Å². The maximum Gasteiger partial charge on any atom is 0.0817 e. The van der Waals surface area contributed by atoms with Crippen LogP contribution in [0.5, 0.6) is 0 Å². The zero-order chi connectivity index (χ0) is 34.5. The molecule has 9 rings (SSSR count). The molecule has 2 heteroatoms. The van der Waals surface area contributed by atoms with Crippen molar-refractivity contribution in [2.24, 2.45) is 5.73 Å². The first-order valence-electron chi connectivity index (χ1n) is 17.9. The summed E-state index contributed by atoms with van der Waals surface area (Å²) >= 11 is 0. The third kappa shape index (κ3) is 5.45. The van der Waals surface area contributed by atoms with Crippen LogP contribution in [0.4, 0.5) is 0 Å². The minimum atomic E-state index is -0.335. The zero-order valence-corrected chi connectivity index (χ0v) is 29.0. The van der Waals surface area contributed by atoms with Crippen LogP contribution in [0.1, 0.15) is 53.9 Å². The van der Waals surface area contributed by atoms with E-state index in [2.05, 4.69) is 177 Å². The van der Waals surface area contributed by atoms with Crippen molar-refractivity contribution in [3.8, 4) is 22.3 Å². The number of benzene rings is 8. The van der Waals surface area contributed by atoms with Gasteiger partial charge < -0.3 is 5.73 Å². The molecule has 3 N–H and O–H groups in total. The number of hydrogen-bond acceptors (Lipinski definition) is 2. The maximum absolute atomic E-state index is 6.83. The summed E-state index contributed by atoms with van der Waals surface area (Å²) in [5.74, 6) is 0. The van der Waals surface area contributed by atoms with Gasteiger partial charge >= 0.3 is 0 Å². The van der Waals surface area contributed by atoms with Crippen molar-refractivity contribution in [1.29, 1.82) is 0 Å². The second kappa shape index (κ2) is 12.5. The third-order valence-electron chi connectivity index (χ3n) is 10.9. The minimum absolute atomic E-state index is 0.0665. The van der Waals surface area contributed by atoms with Crippen LogP contribution in [0.15, 0.2) is 170 Å². The van der Waals surface area contributed by atoms with Gasteiger partial charge in [-0.1, -0.05) is 178 Å². The Balaban J connectivity index is 1.10. The largest absolute Gasteiger partial charge is 0.312 e. The van der Waals surface area contributed by atoms with Gasteiger partial charge in [0, 0.05) is 5.41 Å². The van der Waals surface area contributed by atoms with Crippen LogP contribution in [-0.4, -0.2) is 0 Å². The van der Waals surface area contributed by atoms with Crippen LogP contribution in [0.3, 0.4) is 0 Å². The SMILES string of the molecule is CC1(C)c2cc3ccccc3cc2-c2c(-c3ccc(/C=C/C(NC(N)c4ccccc4)c4cccc5ccc6ccccc6c45)cc3)cccc21. The van der Waals surface area contributed by atoms with Crippen LogP contribution in [0.2, 0.25) is 0 Å². The molecular formula is C49H40N2. The molecule has 0 spiro atoms. The van der Waals surface area contributed by atoms with Crippen LogP contribution in [-0.2, 0) is 5.41 Å². The predicted molar refractivity (Wildman–Crippen MR) is 217 cm³/mol. The normalized spacial score (nSPS) is 14.6.